The van der Waals surface area contributed by atoms with Crippen LogP contribution in [0.25, 0.3) is 33.9 Å². The van der Waals surface area contributed by atoms with Crippen molar-refractivity contribution in [2.24, 2.45) is 0 Å². The van der Waals surface area contributed by atoms with Gasteiger partial charge in [0.25, 0.3) is 5.22 Å². The average molecular weight is 462 g/mol. The predicted molar refractivity (Wildman–Crippen MR) is 126 cm³/mol. The molecule has 5 aromatic rings. The van der Waals surface area contributed by atoms with Gasteiger partial charge in [0.1, 0.15) is 5.82 Å². The van der Waals surface area contributed by atoms with E-state index in [2.05, 4.69) is 25.5 Å². The Hall–Kier alpha value is -3.62. The third-order valence-electron chi connectivity index (χ3n) is 4.66. The molecule has 3 aromatic carbocycles. The summed E-state index contributed by atoms with van der Waals surface area (Å²) in [5.41, 5.74) is 4.33. The summed E-state index contributed by atoms with van der Waals surface area (Å²) in [5, 5.41) is 11.8. The first-order valence-corrected chi connectivity index (χ1v) is 11.1. The van der Waals surface area contributed by atoms with Crippen LogP contribution < -0.4 is 5.32 Å². The van der Waals surface area contributed by atoms with Crippen LogP contribution in [0.3, 0.4) is 0 Å². The SMILES string of the molecule is O=C(CSc1nnc(-c2ccc(-c3nc4ccccc4[nH]3)cc2)o1)Nc1ccc(Cl)cc1. The largest absolute Gasteiger partial charge is 0.411 e. The number of para-hydroxylation sites is 2. The summed E-state index contributed by atoms with van der Waals surface area (Å²) in [7, 11) is 0. The zero-order valence-electron chi connectivity index (χ0n) is 16.6. The van der Waals surface area contributed by atoms with E-state index in [1.54, 1.807) is 24.3 Å². The smallest absolute Gasteiger partial charge is 0.277 e. The number of carbonyl (C=O) groups is 1. The lowest BCUT2D eigenvalue weighted by molar-refractivity contribution is -0.113. The van der Waals surface area contributed by atoms with E-state index in [1.165, 1.54) is 11.8 Å². The first-order valence-electron chi connectivity index (χ1n) is 9.71. The Morgan fingerprint density at radius 1 is 0.969 bits per heavy atom. The molecule has 2 heterocycles. The second-order valence-electron chi connectivity index (χ2n) is 6.90. The maximum Gasteiger partial charge on any atom is 0.277 e. The van der Waals surface area contributed by atoms with Crippen molar-refractivity contribution >= 4 is 46.0 Å². The molecule has 1 amide bonds. The quantitative estimate of drug-likeness (QED) is 0.316. The lowest BCUT2D eigenvalue weighted by Gasteiger charge is -2.03. The van der Waals surface area contributed by atoms with Gasteiger partial charge >= 0.3 is 0 Å². The third kappa shape index (κ3) is 4.51. The standard InChI is InChI=1S/C23H16ClN5O2S/c24-16-9-11-17(12-10-16)25-20(30)13-32-23-29-28-22(31-23)15-7-5-14(6-8-15)21-26-18-3-1-2-4-19(18)27-21/h1-12H,13H2,(H,25,30)(H,26,27). The Morgan fingerprint density at radius 3 is 2.50 bits per heavy atom. The van der Waals surface area contributed by atoms with Crippen molar-refractivity contribution in [3.05, 3.63) is 77.8 Å². The number of aromatic amines is 1. The Kier molecular flexibility index (Phi) is 5.62. The zero-order chi connectivity index (χ0) is 21.9. The first-order chi connectivity index (χ1) is 15.6. The molecule has 9 heteroatoms. The van der Waals surface area contributed by atoms with Crippen molar-refractivity contribution in [2.45, 2.75) is 5.22 Å². The lowest BCUT2D eigenvalue weighted by atomic mass is 10.1. The highest BCUT2D eigenvalue weighted by atomic mass is 35.5. The molecule has 0 aliphatic heterocycles. The molecule has 5 rings (SSSR count). The molecule has 0 aliphatic rings. The first kappa shape index (κ1) is 20.3. The summed E-state index contributed by atoms with van der Waals surface area (Å²) in [6, 6.07) is 22.5. The second-order valence-corrected chi connectivity index (χ2v) is 8.26. The molecule has 0 radical (unpaired) electrons. The Morgan fingerprint density at radius 2 is 1.72 bits per heavy atom. The van der Waals surface area contributed by atoms with Crippen LogP contribution in [0.1, 0.15) is 0 Å². The number of hydrogen-bond donors (Lipinski definition) is 2. The number of fused-ring (bicyclic) bond motifs is 1. The van der Waals surface area contributed by atoms with E-state index in [4.69, 9.17) is 16.0 Å². The fourth-order valence-electron chi connectivity index (χ4n) is 3.10. The van der Waals surface area contributed by atoms with Crippen molar-refractivity contribution in [3.63, 3.8) is 0 Å². The highest BCUT2D eigenvalue weighted by Crippen LogP contribution is 2.26. The van der Waals surface area contributed by atoms with E-state index in [0.717, 1.165) is 28.0 Å². The number of nitrogens with zero attached hydrogens (tertiary/aromatic N) is 3. The molecule has 0 aliphatic carbocycles. The predicted octanol–water partition coefficient (Wildman–Crippen LogP) is 5.66. The van der Waals surface area contributed by atoms with Gasteiger partial charge in [-0.25, -0.2) is 4.98 Å². The molecular weight excluding hydrogens is 446 g/mol. The van der Waals surface area contributed by atoms with Crippen LogP contribution in [-0.4, -0.2) is 31.8 Å². The number of amides is 1. The number of hydrogen-bond acceptors (Lipinski definition) is 6. The number of anilines is 1. The number of nitrogens with one attached hydrogen (secondary N) is 2. The van der Waals surface area contributed by atoms with Gasteiger partial charge in [0, 0.05) is 21.8 Å². The number of carbonyl (C=O) groups excluding carboxylic acids is 1. The van der Waals surface area contributed by atoms with E-state index in [-0.39, 0.29) is 11.7 Å². The Balaban J connectivity index is 1.22. The van der Waals surface area contributed by atoms with E-state index < -0.39 is 0 Å². The van der Waals surface area contributed by atoms with Gasteiger partial charge in [-0.05, 0) is 48.5 Å². The van der Waals surface area contributed by atoms with E-state index >= 15 is 0 Å². The van der Waals surface area contributed by atoms with E-state index in [9.17, 15) is 4.79 Å². The van der Waals surface area contributed by atoms with E-state index in [0.29, 0.717) is 21.8 Å². The molecule has 0 unspecified atom stereocenters. The summed E-state index contributed by atoms with van der Waals surface area (Å²) in [4.78, 5) is 20.0. The molecule has 2 N–H and O–H groups in total. The minimum absolute atomic E-state index is 0.148. The van der Waals surface area contributed by atoms with Gasteiger partial charge < -0.3 is 14.7 Å². The molecule has 32 heavy (non-hydrogen) atoms. The van der Waals surface area contributed by atoms with Crippen LogP contribution in [0.5, 0.6) is 0 Å². The highest BCUT2D eigenvalue weighted by molar-refractivity contribution is 7.99. The van der Waals surface area contributed by atoms with Gasteiger partial charge in [-0.1, -0.05) is 47.6 Å². The number of imidazole rings is 1. The van der Waals surface area contributed by atoms with Crippen molar-refractivity contribution in [2.75, 3.05) is 11.1 Å². The molecule has 0 saturated carbocycles. The molecule has 0 bridgehead atoms. The van der Waals surface area contributed by atoms with Gasteiger partial charge in [0.15, 0.2) is 0 Å². The van der Waals surface area contributed by atoms with Crippen molar-refractivity contribution in [3.8, 4) is 22.8 Å². The van der Waals surface area contributed by atoms with Crippen LogP contribution >= 0.6 is 23.4 Å². The Labute approximate surface area is 192 Å². The fraction of sp³-hybridized carbons (Fsp3) is 0.0435. The van der Waals surface area contributed by atoms with Gasteiger partial charge in [-0.15, -0.1) is 10.2 Å². The molecule has 0 spiro atoms. The van der Waals surface area contributed by atoms with Crippen LogP contribution in [-0.2, 0) is 4.79 Å². The van der Waals surface area contributed by atoms with Crippen molar-refractivity contribution in [1.29, 1.82) is 0 Å². The molecule has 0 atom stereocenters. The number of benzene rings is 3. The third-order valence-corrected chi connectivity index (χ3v) is 5.73. The van der Waals surface area contributed by atoms with Crippen LogP contribution in [0.2, 0.25) is 5.02 Å². The maximum atomic E-state index is 12.1. The molecular formula is C23H16ClN5O2S. The second kappa shape index (κ2) is 8.86. The molecule has 158 valence electrons. The highest BCUT2D eigenvalue weighted by Gasteiger charge is 2.12. The van der Waals surface area contributed by atoms with Crippen LogP contribution in [0.4, 0.5) is 5.69 Å². The topological polar surface area (TPSA) is 96.7 Å². The van der Waals surface area contributed by atoms with Gasteiger partial charge in [-0.2, -0.15) is 0 Å². The summed E-state index contributed by atoms with van der Waals surface area (Å²) >= 11 is 7.03. The van der Waals surface area contributed by atoms with E-state index in [1.807, 2.05) is 48.5 Å². The summed E-state index contributed by atoms with van der Waals surface area (Å²) in [6.45, 7) is 0. The zero-order valence-corrected chi connectivity index (χ0v) is 18.2. The lowest BCUT2D eigenvalue weighted by Crippen LogP contribution is -2.13. The van der Waals surface area contributed by atoms with Gasteiger partial charge in [0.2, 0.25) is 11.8 Å². The van der Waals surface area contributed by atoms with Crippen LogP contribution in [0, 0.1) is 0 Å². The molecule has 2 aromatic heterocycles. The summed E-state index contributed by atoms with van der Waals surface area (Å²) in [5.74, 6) is 1.16. The van der Waals surface area contributed by atoms with Gasteiger partial charge in [-0.3, -0.25) is 4.79 Å². The summed E-state index contributed by atoms with van der Waals surface area (Å²) < 4.78 is 5.70. The minimum atomic E-state index is -0.174. The fourth-order valence-corrected chi connectivity index (χ4v) is 3.79. The number of H-pyrrole nitrogens is 1. The number of aromatic nitrogens is 4. The average Bonchev–Trinajstić information content (AvgIpc) is 3.47. The minimum Gasteiger partial charge on any atom is -0.411 e. The van der Waals surface area contributed by atoms with Crippen LogP contribution in [0.15, 0.2) is 82.4 Å². The maximum absolute atomic E-state index is 12.1. The summed E-state index contributed by atoms with van der Waals surface area (Å²) in [6.07, 6.45) is 0. The Bertz CT molecular complexity index is 1350. The molecule has 0 saturated heterocycles. The number of halogens is 1. The molecule has 7 nitrogen and oxygen atoms in total. The van der Waals surface area contributed by atoms with Crippen molar-refractivity contribution < 1.29 is 9.21 Å². The monoisotopic (exact) mass is 461 g/mol. The number of thioether (sulfide) groups is 1. The molecule has 0 fully saturated rings. The normalized spacial score (nSPS) is 11.0. The van der Waals surface area contributed by atoms with Crippen molar-refractivity contribution in [1.82, 2.24) is 20.2 Å². The van der Waals surface area contributed by atoms with Gasteiger partial charge in [0.05, 0.1) is 16.8 Å². The number of rotatable bonds is 6.